The summed E-state index contributed by atoms with van der Waals surface area (Å²) in [4.78, 5) is 13.5. The number of hydrogen-bond donors (Lipinski definition) is 1. The van der Waals surface area contributed by atoms with Crippen LogP contribution in [-0.4, -0.2) is 36.0 Å². The summed E-state index contributed by atoms with van der Waals surface area (Å²) in [6, 6.07) is 0.948. The Morgan fingerprint density at radius 3 is 2.41 bits per heavy atom. The van der Waals surface area contributed by atoms with E-state index in [9.17, 15) is 4.79 Å². The van der Waals surface area contributed by atoms with Crippen LogP contribution in [-0.2, 0) is 4.79 Å². The summed E-state index contributed by atoms with van der Waals surface area (Å²) < 4.78 is 0. The molecule has 3 nitrogen and oxygen atoms in total. The standard InChI is InChI=1S/C14H28N2O/c1-11(2)7-8-12(3)15-13(4)10-16-9-5-6-14(16)17/h11-13,15H,5-10H2,1-4H3. The minimum absolute atomic E-state index is 0.327. The highest BCUT2D eigenvalue weighted by Crippen LogP contribution is 2.11. The normalized spacial score (nSPS) is 20.1. The molecule has 1 saturated heterocycles. The fourth-order valence-electron chi connectivity index (χ4n) is 2.43. The molecule has 100 valence electrons. The van der Waals surface area contributed by atoms with Gasteiger partial charge in [0, 0.05) is 31.6 Å². The van der Waals surface area contributed by atoms with E-state index in [4.69, 9.17) is 0 Å². The average Bonchev–Trinajstić information content (AvgIpc) is 2.61. The summed E-state index contributed by atoms with van der Waals surface area (Å²) in [7, 11) is 0. The van der Waals surface area contributed by atoms with Crippen molar-refractivity contribution in [1.29, 1.82) is 0 Å². The molecule has 2 unspecified atom stereocenters. The highest BCUT2D eigenvalue weighted by molar-refractivity contribution is 5.78. The predicted octanol–water partition coefficient (Wildman–Crippen LogP) is 2.41. The van der Waals surface area contributed by atoms with Crippen molar-refractivity contribution in [2.24, 2.45) is 5.92 Å². The molecule has 1 aliphatic rings. The van der Waals surface area contributed by atoms with Crippen LogP contribution in [0.15, 0.2) is 0 Å². The first-order chi connectivity index (χ1) is 7.99. The third-order valence-corrected chi connectivity index (χ3v) is 3.41. The molecule has 0 aromatic heterocycles. The Labute approximate surface area is 106 Å². The zero-order valence-electron chi connectivity index (χ0n) is 11.8. The van der Waals surface area contributed by atoms with Gasteiger partial charge in [0.05, 0.1) is 0 Å². The van der Waals surface area contributed by atoms with E-state index in [2.05, 4.69) is 33.0 Å². The highest BCUT2D eigenvalue weighted by Gasteiger charge is 2.22. The summed E-state index contributed by atoms with van der Waals surface area (Å²) in [5.74, 6) is 1.10. The van der Waals surface area contributed by atoms with Crippen molar-refractivity contribution in [3.05, 3.63) is 0 Å². The van der Waals surface area contributed by atoms with E-state index in [0.717, 1.165) is 31.8 Å². The molecule has 0 radical (unpaired) electrons. The number of hydrogen-bond acceptors (Lipinski definition) is 2. The van der Waals surface area contributed by atoms with Gasteiger partial charge in [-0.05, 0) is 39.0 Å². The summed E-state index contributed by atoms with van der Waals surface area (Å²) in [6.07, 6.45) is 4.27. The number of carbonyl (C=O) groups is 1. The van der Waals surface area contributed by atoms with E-state index >= 15 is 0 Å². The number of amides is 1. The second kappa shape index (κ2) is 7.00. The van der Waals surface area contributed by atoms with Crippen molar-refractivity contribution in [3.8, 4) is 0 Å². The maximum absolute atomic E-state index is 11.5. The fraction of sp³-hybridized carbons (Fsp3) is 0.929. The molecule has 0 bridgehead atoms. The number of carbonyl (C=O) groups excluding carboxylic acids is 1. The molecular weight excluding hydrogens is 212 g/mol. The van der Waals surface area contributed by atoms with Gasteiger partial charge in [0.2, 0.25) is 5.91 Å². The molecule has 1 rings (SSSR count). The first-order valence-corrected chi connectivity index (χ1v) is 7.03. The van der Waals surface area contributed by atoms with Crippen LogP contribution in [0, 0.1) is 5.92 Å². The Morgan fingerprint density at radius 1 is 1.18 bits per heavy atom. The molecule has 1 N–H and O–H groups in total. The molecule has 0 spiro atoms. The molecule has 17 heavy (non-hydrogen) atoms. The van der Waals surface area contributed by atoms with Gasteiger partial charge in [0.25, 0.3) is 0 Å². The summed E-state index contributed by atoms with van der Waals surface area (Å²) in [6.45, 7) is 10.8. The van der Waals surface area contributed by atoms with Gasteiger partial charge >= 0.3 is 0 Å². The molecule has 0 saturated carbocycles. The Bertz CT molecular complexity index is 240. The van der Waals surface area contributed by atoms with Crippen molar-refractivity contribution in [1.82, 2.24) is 10.2 Å². The zero-order valence-corrected chi connectivity index (χ0v) is 11.8. The van der Waals surface area contributed by atoms with Crippen molar-refractivity contribution < 1.29 is 4.79 Å². The van der Waals surface area contributed by atoms with E-state index in [1.54, 1.807) is 0 Å². The lowest BCUT2D eigenvalue weighted by Gasteiger charge is -2.25. The summed E-state index contributed by atoms with van der Waals surface area (Å²) in [5.41, 5.74) is 0. The third kappa shape index (κ3) is 5.53. The van der Waals surface area contributed by atoms with Gasteiger partial charge in [0.15, 0.2) is 0 Å². The third-order valence-electron chi connectivity index (χ3n) is 3.41. The van der Waals surface area contributed by atoms with Crippen LogP contribution in [0.5, 0.6) is 0 Å². The number of nitrogens with one attached hydrogen (secondary N) is 1. The van der Waals surface area contributed by atoms with Gasteiger partial charge in [-0.1, -0.05) is 13.8 Å². The molecule has 0 aliphatic carbocycles. The maximum Gasteiger partial charge on any atom is 0.222 e. The molecule has 1 aliphatic heterocycles. The Kier molecular flexibility index (Phi) is 5.96. The first-order valence-electron chi connectivity index (χ1n) is 7.03. The van der Waals surface area contributed by atoms with E-state index in [1.165, 1.54) is 12.8 Å². The van der Waals surface area contributed by atoms with Crippen LogP contribution >= 0.6 is 0 Å². The lowest BCUT2D eigenvalue weighted by atomic mass is 10.0. The van der Waals surface area contributed by atoms with E-state index < -0.39 is 0 Å². The molecule has 3 heteroatoms. The number of likely N-dealkylation sites (tertiary alicyclic amines) is 1. The largest absolute Gasteiger partial charge is 0.341 e. The first kappa shape index (κ1) is 14.5. The SMILES string of the molecule is CC(C)CCC(C)NC(C)CN1CCCC1=O. The van der Waals surface area contributed by atoms with E-state index in [0.29, 0.717) is 18.0 Å². The van der Waals surface area contributed by atoms with Crippen LogP contribution in [0.4, 0.5) is 0 Å². The predicted molar refractivity (Wildman–Crippen MR) is 71.9 cm³/mol. The Morgan fingerprint density at radius 2 is 1.88 bits per heavy atom. The minimum atomic E-state index is 0.327. The second-order valence-corrected chi connectivity index (χ2v) is 5.88. The fourth-order valence-corrected chi connectivity index (χ4v) is 2.43. The quantitative estimate of drug-likeness (QED) is 0.741. The smallest absolute Gasteiger partial charge is 0.222 e. The van der Waals surface area contributed by atoms with Gasteiger partial charge in [-0.25, -0.2) is 0 Å². The lowest BCUT2D eigenvalue weighted by molar-refractivity contribution is -0.127. The van der Waals surface area contributed by atoms with E-state index in [1.807, 2.05) is 4.90 Å². The van der Waals surface area contributed by atoms with Gasteiger partial charge < -0.3 is 10.2 Å². The van der Waals surface area contributed by atoms with Crippen molar-refractivity contribution in [3.63, 3.8) is 0 Å². The molecule has 1 fully saturated rings. The van der Waals surface area contributed by atoms with Crippen LogP contribution in [0.25, 0.3) is 0 Å². The van der Waals surface area contributed by atoms with E-state index in [-0.39, 0.29) is 0 Å². The number of nitrogens with zero attached hydrogens (tertiary/aromatic N) is 1. The molecular formula is C14H28N2O. The monoisotopic (exact) mass is 240 g/mol. The van der Waals surface area contributed by atoms with Gasteiger partial charge in [0.1, 0.15) is 0 Å². The highest BCUT2D eigenvalue weighted by atomic mass is 16.2. The van der Waals surface area contributed by atoms with Gasteiger partial charge in [-0.3, -0.25) is 4.79 Å². The second-order valence-electron chi connectivity index (χ2n) is 5.88. The van der Waals surface area contributed by atoms with Crippen LogP contribution in [0.3, 0.4) is 0 Å². The van der Waals surface area contributed by atoms with Crippen LogP contribution in [0.1, 0.15) is 53.4 Å². The molecule has 2 atom stereocenters. The van der Waals surface area contributed by atoms with Crippen molar-refractivity contribution in [2.45, 2.75) is 65.5 Å². The lowest BCUT2D eigenvalue weighted by Crippen LogP contribution is -2.43. The Balaban J connectivity index is 2.19. The molecule has 1 amide bonds. The summed E-state index contributed by atoms with van der Waals surface area (Å²) in [5, 5.41) is 3.59. The van der Waals surface area contributed by atoms with Crippen LogP contribution < -0.4 is 5.32 Å². The van der Waals surface area contributed by atoms with Crippen LogP contribution in [0.2, 0.25) is 0 Å². The van der Waals surface area contributed by atoms with Gasteiger partial charge in [-0.15, -0.1) is 0 Å². The minimum Gasteiger partial charge on any atom is -0.341 e. The number of rotatable bonds is 7. The average molecular weight is 240 g/mol. The topological polar surface area (TPSA) is 32.3 Å². The van der Waals surface area contributed by atoms with Crippen molar-refractivity contribution >= 4 is 5.91 Å². The molecule has 0 aromatic rings. The zero-order chi connectivity index (χ0) is 12.8. The molecule has 0 aromatic carbocycles. The van der Waals surface area contributed by atoms with Gasteiger partial charge in [-0.2, -0.15) is 0 Å². The van der Waals surface area contributed by atoms with Crippen molar-refractivity contribution in [2.75, 3.05) is 13.1 Å². The summed E-state index contributed by atoms with van der Waals surface area (Å²) >= 11 is 0. The molecule has 1 heterocycles. The Hall–Kier alpha value is -0.570. The maximum atomic E-state index is 11.5.